The Morgan fingerprint density at radius 1 is 1.14 bits per heavy atom. The number of ether oxygens (including phenoxy) is 2. The van der Waals surface area contributed by atoms with Crippen LogP contribution in [0.2, 0.25) is 0 Å². The van der Waals surface area contributed by atoms with E-state index in [1.807, 2.05) is 13.8 Å². The maximum atomic E-state index is 12.4. The number of carboxylic acid groups (broad SMARTS) is 1. The molecule has 0 fully saturated rings. The Morgan fingerprint density at radius 2 is 1.73 bits per heavy atom. The number of amides is 1. The van der Waals surface area contributed by atoms with E-state index in [0.717, 1.165) is 0 Å². The van der Waals surface area contributed by atoms with Crippen LogP contribution in [-0.4, -0.2) is 36.7 Å². The maximum Gasteiger partial charge on any atom is 0.305 e. The van der Waals surface area contributed by atoms with E-state index in [-0.39, 0.29) is 12.3 Å². The largest absolute Gasteiger partial charge is 0.493 e. The average Bonchev–Trinajstić information content (AvgIpc) is 2.52. The molecule has 1 aromatic carbocycles. The van der Waals surface area contributed by atoms with Crippen LogP contribution in [0.25, 0.3) is 0 Å². The van der Waals surface area contributed by atoms with Crippen molar-refractivity contribution in [1.82, 2.24) is 5.32 Å². The molecule has 0 aromatic heterocycles. The van der Waals surface area contributed by atoms with Gasteiger partial charge in [0.2, 0.25) is 0 Å². The van der Waals surface area contributed by atoms with Gasteiger partial charge in [0.25, 0.3) is 5.91 Å². The van der Waals surface area contributed by atoms with Crippen molar-refractivity contribution in [1.29, 1.82) is 0 Å². The van der Waals surface area contributed by atoms with Gasteiger partial charge in [0, 0.05) is 5.56 Å². The Kier molecular flexibility index (Phi) is 6.22. The number of hydrogen-bond acceptors (Lipinski definition) is 4. The number of nitrogens with one attached hydrogen (secondary N) is 1. The lowest BCUT2D eigenvalue weighted by molar-refractivity contribution is -0.138. The summed E-state index contributed by atoms with van der Waals surface area (Å²) in [5, 5.41) is 11.9. The number of methoxy groups -OCH3 is 2. The average molecular weight is 309 g/mol. The highest BCUT2D eigenvalue weighted by Crippen LogP contribution is 2.28. The minimum absolute atomic E-state index is 0.112. The van der Waals surface area contributed by atoms with E-state index in [1.165, 1.54) is 14.2 Å². The van der Waals surface area contributed by atoms with Crippen molar-refractivity contribution in [3.63, 3.8) is 0 Å². The summed E-state index contributed by atoms with van der Waals surface area (Å²) >= 11 is 0. The second kappa shape index (κ2) is 7.68. The van der Waals surface area contributed by atoms with Gasteiger partial charge in [-0.05, 0) is 31.0 Å². The number of hydrogen-bond donors (Lipinski definition) is 2. The molecule has 2 N–H and O–H groups in total. The predicted octanol–water partition coefficient (Wildman–Crippen LogP) is 2.47. The summed E-state index contributed by atoms with van der Waals surface area (Å²) in [5.41, 5.74) is -0.356. The summed E-state index contributed by atoms with van der Waals surface area (Å²) in [6, 6.07) is 4.84. The van der Waals surface area contributed by atoms with E-state index < -0.39 is 11.5 Å². The number of carbonyl (C=O) groups excluding carboxylic acids is 1. The highest BCUT2D eigenvalue weighted by atomic mass is 16.5. The first kappa shape index (κ1) is 17.8. The van der Waals surface area contributed by atoms with E-state index in [2.05, 4.69) is 5.32 Å². The Hall–Kier alpha value is -2.24. The molecule has 6 heteroatoms. The summed E-state index contributed by atoms with van der Waals surface area (Å²) in [5.74, 6) is -0.281. The molecule has 0 aliphatic carbocycles. The van der Waals surface area contributed by atoms with Gasteiger partial charge in [-0.3, -0.25) is 9.59 Å². The highest BCUT2D eigenvalue weighted by molar-refractivity contribution is 5.95. The van der Waals surface area contributed by atoms with Crippen LogP contribution in [-0.2, 0) is 4.79 Å². The van der Waals surface area contributed by atoms with Crippen molar-refractivity contribution in [3.8, 4) is 11.5 Å². The predicted molar refractivity (Wildman–Crippen MR) is 82.6 cm³/mol. The quantitative estimate of drug-likeness (QED) is 0.770. The molecule has 22 heavy (non-hydrogen) atoms. The van der Waals surface area contributed by atoms with Gasteiger partial charge in [-0.15, -0.1) is 0 Å². The van der Waals surface area contributed by atoms with E-state index in [4.69, 9.17) is 14.6 Å². The molecule has 0 atom stereocenters. The third-order valence-electron chi connectivity index (χ3n) is 3.87. The van der Waals surface area contributed by atoms with Gasteiger partial charge in [-0.1, -0.05) is 13.8 Å². The zero-order chi connectivity index (χ0) is 16.8. The normalized spacial score (nSPS) is 10.9. The monoisotopic (exact) mass is 309 g/mol. The zero-order valence-electron chi connectivity index (χ0n) is 13.4. The molecule has 122 valence electrons. The second-order valence-corrected chi connectivity index (χ2v) is 5.08. The lowest BCUT2D eigenvalue weighted by atomic mass is 9.88. The molecule has 6 nitrogen and oxygen atoms in total. The van der Waals surface area contributed by atoms with Crippen molar-refractivity contribution in [3.05, 3.63) is 23.8 Å². The summed E-state index contributed by atoms with van der Waals surface area (Å²) in [7, 11) is 3.01. The summed E-state index contributed by atoms with van der Waals surface area (Å²) in [6.45, 7) is 3.72. The van der Waals surface area contributed by atoms with E-state index >= 15 is 0 Å². The first-order chi connectivity index (χ1) is 10.4. The van der Waals surface area contributed by atoms with Crippen LogP contribution in [0.4, 0.5) is 0 Å². The van der Waals surface area contributed by atoms with Gasteiger partial charge in [0.15, 0.2) is 11.5 Å². The van der Waals surface area contributed by atoms with Crippen molar-refractivity contribution >= 4 is 11.9 Å². The van der Waals surface area contributed by atoms with Crippen LogP contribution >= 0.6 is 0 Å². The molecular formula is C16H23NO5. The molecule has 1 aromatic rings. The lowest BCUT2D eigenvalue weighted by Gasteiger charge is -2.31. The van der Waals surface area contributed by atoms with Gasteiger partial charge in [0.1, 0.15) is 0 Å². The van der Waals surface area contributed by atoms with Gasteiger partial charge in [-0.25, -0.2) is 0 Å². The van der Waals surface area contributed by atoms with Gasteiger partial charge < -0.3 is 19.9 Å². The number of benzene rings is 1. The van der Waals surface area contributed by atoms with E-state index in [9.17, 15) is 9.59 Å². The van der Waals surface area contributed by atoms with Crippen LogP contribution < -0.4 is 14.8 Å². The Labute approximate surface area is 130 Å². The molecule has 0 heterocycles. The Balaban J connectivity index is 3.02. The number of rotatable bonds is 8. The first-order valence-electron chi connectivity index (χ1n) is 7.17. The molecule has 0 saturated heterocycles. The van der Waals surface area contributed by atoms with Crippen molar-refractivity contribution in [2.24, 2.45) is 0 Å². The molecule has 0 spiro atoms. The zero-order valence-corrected chi connectivity index (χ0v) is 13.4. The van der Waals surface area contributed by atoms with Crippen LogP contribution in [0.1, 0.15) is 43.5 Å². The van der Waals surface area contributed by atoms with Crippen molar-refractivity contribution in [2.45, 2.75) is 38.6 Å². The van der Waals surface area contributed by atoms with Crippen LogP contribution in [0.5, 0.6) is 11.5 Å². The highest BCUT2D eigenvalue weighted by Gasteiger charge is 2.31. The third kappa shape index (κ3) is 4.13. The number of carbonyl (C=O) groups is 2. The molecular weight excluding hydrogens is 286 g/mol. The standard InChI is InChI=1S/C16H23NO5/c1-5-16(6-2,10-14(18)19)17-15(20)11-7-8-12(21-3)13(9-11)22-4/h7-9H,5-6,10H2,1-4H3,(H,17,20)(H,18,19). The second-order valence-electron chi connectivity index (χ2n) is 5.08. The SMILES string of the molecule is CCC(CC)(CC(=O)O)NC(=O)c1ccc(OC)c(OC)c1. The first-order valence-corrected chi connectivity index (χ1v) is 7.17. The minimum Gasteiger partial charge on any atom is -0.493 e. The Bertz CT molecular complexity index is 537. The fourth-order valence-electron chi connectivity index (χ4n) is 2.30. The summed E-state index contributed by atoms with van der Waals surface area (Å²) in [6.07, 6.45) is 0.961. The van der Waals surface area contributed by atoms with Gasteiger partial charge in [-0.2, -0.15) is 0 Å². The van der Waals surface area contributed by atoms with E-state index in [0.29, 0.717) is 29.9 Å². The molecule has 0 aliphatic rings. The molecule has 0 saturated carbocycles. The molecule has 1 rings (SSSR count). The molecule has 0 bridgehead atoms. The lowest BCUT2D eigenvalue weighted by Crippen LogP contribution is -2.49. The summed E-state index contributed by atoms with van der Waals surface area (Å²) in [4.78, 5) is 23.5. The van der Waals surface area contributed by atoms with Crippen LogP contribution in [0.15, 0.2) is 18.2 Å². The fourth-order valence-corrected chi connectivity index (χ4v) is 2.30. The van der Waals surface area contributed by atoms with Gasteiger partial charge in [0.05, 0.1) is 26.2 Å². The number of aliphatic carboxylic acids is 1. The third-order valence-corrected chi connectivity index (χ3v) is 3.87. The fraction of sp³-hybridized carbons (Fsp3) is 0.500. The number of carboxylic acids is 1. The molecule has 0 radical (unpaired) electrons. The van der Waals surface area contributed by atoms with Gasteiger partial charge >= 0.3 is 5.97 Å². The Morgan fingerprint density at radius 3 is 2.18 bits per heavy atom. The molecule has 0 unspecified atom stereocenters. The van der Waals surface area contributed by atoms with Crippen molar-refractivity contribution in [2.75, 3.05) is 14.2 Å². The van der Waals surface area contributed by atoms with Crippen LogP contribution in [0, 0.1) is 0 Å². The van der Waals surface area contributed by atoms with E-state index in [1.54, 1.807) is 18.2 Å². The summed E-state index contributed by atoms with van der Waals surface area (Å²) < 4.78 is 10.3. The smallest absolute Gasteiger partial charge is 0.305 e. The molecule has 0 aliphatic heterocycles. The topological polar surface area (TPSA) is 84.9 Å². The van der Waals surface area contributed by atoms with Crippen LogP contribution in [0.3, 0.4) is 0 Å². The minimum atomic E-state index is -0.934. The molecule has 1 amide bonds. The van der Waals surface area contributed by atoms with Crippen molar-refractivity contribution < 1.29 is 24.2 Å². The maximum absolute atomic E-state index is 12.4.